The predicted molar refractivity (Wildman–Crippen MR) is 74.4 cm³/mol. The number of methoxy groups -OCH3 is 1. The van der Waals surface area contributed by atoms with Gasteiger partial charge in [-0.15, -0.1) is 0 Å². The zero-order valence-electron chi connectivity index (χ0n) is 11.5. The third-order valence-electron chi connectivity index (χ3n) is 3.18. The first-order valence-electron chi connectivity index (χ1n) is 6.44. The summed E-state index contributed by atoms with van der Waals surface area (Å²) >= 11 is 0. The fourth-order valence-corrected chi connectivity index (χ4v) is 2.24. The number of hydrogen-bond acceptors (Lipinski definition) is 5. The summed E-state index contributed by atoms with van der Waals surface area (Å²) in [7, 11) is 1.60. The van der Waals surface area contributed by atoms with E-state index in [0.29, 0.717) is 24.3 Å². The molecule has 0 atom stereocenters. The Balaban J connectivity index is 2.27. The van der Waals surface area contributed by atoms with E-state index in [4.69, 9.17) is 9.47 Å². The Bertz CT molecular complexity index is 575. The van der Waals surface area contributed by atoms with Crippen molar-refractivity contribution < 1.29 is 19.5 Å². The van der Waals surface area contributed by atoms with E-state index in [-0.39, 0.29) is 12.4 Å². The van der Waals surface area contributed by atoms with Crippen LogP contribution in [-0.2, 0) is 16.0 Å². The molecule has 0 saturated heterocycles. The van der Waals surface area contributed by atoms with Crippen molar-refractivity contribution in [2.75, 3.05) is 13.7 Å². The van der Waals surface area contributed by atoms with Gasteiger partial charge in [-0.1, -0.05) is 11.2 Å². The Kier molecular flexibility index (Phi) is 4.40. The van der Waals surface area contributed by atoms with Crippen molar-refractivity contribution in [2.45, 2.75) is 19.8 Å². The Morgan fingerprint density at radius 1 is 1.45 bits per heavy atom. The van der Waals surface area contributed by atoms with Crippen molar-refractivity contribution in [2.24, 2.45) is 5.16 Å². The summed E-state index contributed by atoms with van der Waals surface area (Å²) in [4.78, 5) is 11.6. The number of allylic oxidation sites excluding steroid dienone is 1. The van der Waals surface area contributed by atoms with Crippen LogP contribution < -0.4 is 4.74 Å². The van der Waals surface area contributed by atoms with Gasteiger partial charge in [0.25, 0.3) is 0 Å². The first kappa shape index (κ1) is 14.1. The largest absolute Gasteiger partial charge is 0.497 e. The van der Waals surface area contributed by atoms with Crippen molar-refractivity contribution in [3.63, 3.8) is 0 Å². The molecule has 0 fully saturated rings. The number of carbonyl (C=O) groups is 1. The molecule has 0 unspecified atom stereocenters. The fraction of sp³-hybridized carbons (Fsp3) is 0.333. The lowest BCUT2D eigenvalue weighted by atomic mass is 9.88. The SMILES string of the molecule is CCOC(=O)CC1=CCc2cc(OC)ccc2C1=NO. The summed E-state index contributed by atoms with van der Waals surface area (Å²) in [6.45, 7) is 2.10. The molecule has 5 nitrogen and oxygen atoms in total. The summed E-state index contributed by atoms with van der Waals surface area (Å²) in [6, 6.07) is 5.54. The van der Waals surface area contributed by atoms with Gasteiger partial charge < -0.3 is 14.7 Å². The minimum absolute atomic E-state index is 0.110. The normalized spacial score (nSPS) is 15.5. The number of benzene rings is 1. The topological polar surface area (TPSA) is 68.1 Å². The van der Waals surface area contributed by atoms with E-state index >= 15 is 0 Å². The van der Waals surface area contributed by atoms with Crippen LogP contribution in [-0.4, -0.2) is 30.6 Å². The van der Waals surface area contributed by atoms with Gasteiger partial charge in [0.15, 0.2) is 0 Å². The number of carbonyl (C=O) groups excluding carboxylic acids is 1. The lowest BCUT2D eigenvalue weighted by Gasteiger charge is -2.18. The number of oxime groups is 1. The number of hydrogen-bond donors (Lipinski definition) is 1. The highest BCUT2D eigenvalue weighted by molar-refractivity contribution is 6.15. The predicted octanol–water partition coefficient (Wildman–Crippen LogP) is 2.31. The fourth-order valence-electron chi connectivity index (χ4n) is 2.24. The van der Waals surface area contributed by atoms with Gasteiger partial charge in [-0.2, -0.15) is 0 Å². The number of esters is 1. The molecule has 0 bridgehead atoms. The van der Waals surface area contributed by atoms with Gasteiger partial charge in [0.05, 0.1) is 20.1 Å². The van der Waals surface area contributed by atoms with E-state index in [0.717, 1.165) is 16.9 Å². The summed E-state index contributed by atoms with van der Waals surface area (Å²) < 4.78 is 10.1. The van der Waals surface area contributed by atoms with Crippen LogP contribution in [0.3, 0.4) is 0 Å². The van der Waals surface area contributed by atoms with E-state index in [1.807, 2.05) is 18.2 Å². The zero-order valence-corrected chi connectivity index (χ0v) is 11.5. The van der Waals surface area contributed by atoms with Gasteiger partial charge in [-0.25, -0.2) is 0 Å². The van der Waals surface area contributed by atoms with E-state index in [9.17, 15) is 10.0 Å². The van der Waals surface area contributed by atoms with Crippen molar-refractivity contribution in [3.05, 3.63) is 41.0 Å². The highest BCUT2D eigenvalue weighted by Gasteiger charge is 2.22. The second kappa shape index (κ2) is 6.23. The Labute approximate surface area is 117 Å². The van der Waals surface area contributed by atoms with Crippen molar-refractivity contribution in [1.82, 2.24) is 0 Å². The molecule has 0 spiro atoms. The maximum atomic E-state index is 11.6. The maximum Gasteiger partial charge on any atom is 0.310 e. The standard InChI is InChI=1S/C15H17NO4/c1-3-20-14(17)9-11-5-4-10-8-12(19-2)6-7-13(10)15(11)16-18/h5-8,18H,3-4,9H2,1-2H3. The van der Waals surface area contributed by atoms with Gasteiger partial charge in [0.1, 0.15) is 11.5 Å². The van der Waals surface area contributed by atoms with Gasteiger partial charge >= 0.3 is 5.97 Å². The van der Waals surface area contributed by atoms with Gasteiger partial charge in [-0.05, 0) is 42.7 Å². The van der Waals surface area contributed by atoms with Crippen LogP contribution in [0.4, 0.5) is 0 Å². The molecule has 5 heteroatoms. The lowest BCUT2D eigenvalue weighted by Crippen LogP contribution is -2.17. The highest BCUT2D eigenvalue weighted by Crippen LogP contribution is 2.27. The molecule has 0 saturated carbocycles. The Morgan fingerprint density at radius 2 is 2.25 bits per heavy atom. The van der Waals surface area contributed by atoms with Crippen LogP contribution in [0.15, 0.2) is 35.0 Å². The van der Waals surface area contributed by atoms with Gasteiger partial charge in [0, 0.05) is 5.56 Å². The van der Waals surface area contributed by atoms with Crippen molar-refractivity contribution in [1.29, 1.82) is 0 Å². The number of ether oxygens (including phenoxy) is 2. The molecule has 1 aliphatic carbocycles. The van der Waals surface area contributed by atoms with Crippen LogP contribution in [0.25, 0.3) is 0 Å². The Hall–Kier alpha value is -2.30. The smallest absolute Gasteiger partial charge is 0.310 e. The first-order chi connectivity index (χ1) is 9.69. The molecular formula is C15H17NO4. The van der Waals surface area contributed by atoms with E-state index < -0.39 is 0 Å². The average molecular weight is 275 g/mol. The molecule has 1 N–H and O–H groups in total. The van der Waals surface area contributed by atoms with E-state index in [2.05, 4.69) is 5.16 Å². The number of rotatable bonds is 4. The zero-order chi connectivity index (χ0) is 14.5. The van der Waals surface area contributed by atoms with Crippen molar-refractivity contribution in [3.8, 4) is 5.75 Å². The van der Waals surface area contributed by atoms with Crippen LogP contribution in [0.5, 0.6) is 5.75 Å². The summed E-state index contributed by atoms with van der Waals surface area (Å²) in [5.41, 5.74) is 2.92. The third kappa shape index (κ3) is 2.82. The van der Waals surface area contributed by atoms with Crippen LogP contribution in [0, 0.1) is 0 Å². The Morgan fingerprint density at radius 3 is 2.90 bits per heavy atom. The molecule has 0 radical (unpaired) electrons. The highest BCUT2D eigenvalue weighted by atomic mass is 16.5. The molecule has 0 amide bonds. The minimum atomic E-state index is -0.322. The molecule has 1 aromatic carbocycles. The monoisotopic (exact) mass is 275 g/mol. The molecule has 106 valence electrons. The van der Waals surface area contributed by atoms with E-state index in [1.54, 1.807) is 20.1 Å². The molecule has 1 aromatic rings. The maximum absolute atomic E-state index is 11.6. The van der Waals surface area contributed by atoms with Gasteiger partial charge in [0.2, 0.25) is 0 Å². The summed E-state index contributed by atoms with van der Waals surface area (Å²) in [6.07, 6.45) is 2.66. The molecule has 20 heavy (non-hydrogen) atoms. The van der Waals surface area contributed by atoms with Crippen LogP contribution in [0.2, 0.25) is 0 Å². The lowest BCUT2D eigenvalue weighted by molar-refractivity contribution is -0.142. The summed E-state index contributed by atoms with van der Waals surface area (Å²) in [5, 5.41) is 12.6. The van der Waals surface area contributed by atoms with E-state index in [1.165, 1.54) is 0 Å². The van der Waals surface area contributed by atoms with Crippen LogP contribution >= 0.6 is 0 Å². The van der Waals surface area contributed by atoms with Gasteiger partial charge in [-0.3, -0.25) is 4.79 Å². The molecular weight excluding hydrogens is 258 g/mol. The molecule has 2 rings (SSSR count). The van der Waals surface area contributed by atoms with Crippen LogP contribution in [0.1, 0.15) is 24.5 Å². The third-order valence-corrected chi connectivity index (χ3v) is 3.18. The molecule has 0 aliphatic heterocycles. The summed E-state index contributed by atoms with van der Waals surface area (Å²) in [5.74, 6) is 0.431. The quantitative estimate of drug-likeness (QED) is 0.520. The molecule has 0 aromatic heterocycles. The van der Waals surface area contributed by atoms with Crippen molar-refractivity contribution >= 4 is 11.7 Å². The number of nitrogens with zero attached hydrogens (tertiary/aromatic N) is 1. The second-order valence-electron chi connectivity index (χ2n) is 4.39. The second-order valence-corrected chi connectivity index (χ2v) is 4.39. The minimum Gasteiger partial charge on any atom is -0.497 e. The molecule has 0 heterocycles. The number of fused-ring (bicyclic) bond motifs is 1. The first-order valence-corrected chi connectivity index (χ1v) is 6.44. The molecule has 1 aliphatic rings. The average Bonchev–Trinajstić information content (AvgIpc) is 2.46.